The monoisotopic (exact) mass is 440 g/mol. The first-order valence-electron chi connectivity index (χ1n) is 11.6. The van der Waals surface area contributed by atoms with Crippen molar-refractivity contribution in [2.75, 3.05) is 5.32 Å². The van der Waals surface area contributed by atoms with Gasteiger partial charge in [-0.1, -0.05) is 25.1 Å². The fourth-order valence-corrected chi connectivity index (χ4v) is 4.40. The lowest BCUT2D eigenvalue weighted by molar-refractivity contribution is -0.116. The van der Waals surface area contributed by atoms with Gasteiger partial charge in [-0.05, 0) is 99.5 Å². The summed E-state index contributed by atoms with van der Waals surface area (Å²) in [4.78, 5) is 17.5. The number of carbonyl (C=O) groups excluding carboxylic acids is 1. The summed E-state index contributed by atoms with van der Waals surface area (Å²) < 4.78 is 1.94. The zero-order valence-electron chi connectivity index (χ0n) is 20.4. The van der Waals surface area contributed by atoms with E-state index in [9.17, 15) is 4.79 Å². The molecule has 0 aliphatic heterocycles. The van der Waals surface area contributed by atoms with Crippen LogP contribution in [0.25, 0.3) is 16.7 Å². The third kappa shape index (κ3) is 4.54. The molecule has 0 saturated carbocycles. The van der Waals surface area contributed by atoms with Gasteiger partial charge in [-0.2, -0.15) is 5.10 Å². The molecule has 1 N–H and O–H groups in total. The molecule has 2 aromatic heterocycles. The summed E-state index contributed by atoms with van der Waals surface area (Å²) in [6.07, 6.45) is 2.05. The third-order valence-electron chi connectivity index (χ3n) is 6.56. The van der Waals surface area contributed by atoms with Gasteiger partial charge < -0.3 is 5.32 Å². The molecule has 1 amide bonds. The minimum absolute atomic E-state index is 0.0145. The van der Waals surface area contributed by atoms with Crippen LogP contribution in [0.3, 0.4) is 0 Å². The van der Waals surface area contributed by atoms with Gasteiger partial charge >= 0.3 is 0 Å². The van der Waals surface area contributed by atoms with Gasteiger partial charge in [0.05, 0.1) is 11.4 Å². The number of nitrogens with one attached hydrogen (secondary N) is 1. The van der Waals surface area contributed by atoms with E-state index in [0.29, 0.717) is 12.8 Å². The fraction of sp³-hybridized carbons (Fsp3) is 0.321. The van der Waals surface area contributed by atoms with Crippen LogP contribution in [-0.4, -0.2) is 20.7 Å². The Hall–Kier alpha value is -3.47. The van der Waals surface area contributed by atoms with Gasteiger partial charge in [0.2, 0.25) is 5.91 Å². The van der Waals surface area contributed by atoms with E-state index in [4.69, 9.17) is 10.1 Å². The highest BCUT2D eigenvalue weighted by atomic mass is 16.1. The molecule has 2 heterocycles. The maximum Gasteiger partial charge on any atom is 0.224 e. The van der Waals surface area contributed by atoms with Crippen molar-refractivity contribution in [1.29, 1.82) is 0 Å². The van der Waals surface area contributed by atoms with Gasteiger partial charge in [0.15, 0.2) is 5.65 Å². The molecular formula is C28H32N4O. The number of aryl methyl sites for hydroxylation is 6. The number of carbonyl (C=O) groups is 1. The fourth-order valence-electron chi connectivity index (χ4n) is 4.40. The summed E-state index contributed by atoms with van der Waals surface area (Å²) in [5.41, 5.74) is 10.7. The molecule has 0 bridgehead atoms. The topological polar surface area (TPSA) is 59.8 Å². The van der Waals surface area contributed by atoms with E-state index in [1.54, 1.807) is 0 Å². The van der Waals surface area contributed by atoms with Crippen LogP contribution >= 0.6 is 0 Å². The number of rotatable bonds is 6. The second kappa shape index (κ2) is 9.18. The Balaban J connectivity index is 1.59. The summed E-state index contributed by atoms with van der Waals surface area (Å²) >= 11 is 0. The maximum absolute atomic E-state index is 12.6. The van der Waals surface area contributed by atoms with E-state index in [0.717, 1.165) is 51.3 Å². The lowest BCUT2D eigenvalue weighted by Crippen LogP contribution is -2.13. The van der Waals surface area contributed by atoms with Gasteiger partial charge in [0, 0.05) is 23.2 Å². The lowest BCUT2D eigenvalue weighted by Gasteiger charge is -2.12. The van der Waals surface area contributed by atoms with E-state index >= 15 is 0 Å². The largest absolute Gasteiger partial charge is 0.326 e. The number of amides is 1. The highest BCUT2D eigenvalue weighted by Crippen LogP contribution is 2.29. The Morgan fingerprint density at radius 3 is 2.33 bits per heavy atom. The zero-order valence-corrected chi connectivity index (χ0v) is 20.4. The Bertz CT molecular complexity index is 1330. The van der Waals surface area contributed by atoms with E-state index < -0.39 is 0 Å². The number of anilines is 1. The van der Waals surface area contributed by atoms with Crippen molar-refractivity contribution >= 4 is 22.6 Å². The van der Waals surface area contributed by atoms with E-state index in [1.807, 2.05) is 30.7 Å². The van der Waals surface area contributed by atoms with Gasteiger partial charge in [-0.25, -0.2) is 9.67 Å². The zero-order chi connectivity index (χ0) is 23.7. The maximum atomic E-state index is 12.6. The molecule has 4 aromatic rings. The quantitative estimate of drug-likeness (QED) is 0.394. The Labute approximate surface area is 195 Å². The smallest absolute Gasteiger partial charge is 0.224 e. The van der Waals surface area contributed by atoms with Gasteiger partial charge in [0.25, 0.3) is 0 Å². The normalized spacial score (nSPS) is 11.2. The molecule has 170 valence electrons. The number of hydrogen-bond donors (Lipinski definition) is 1. The molecule has 0 radical (unpaired) electrons. The Morgan fingerprint density at radius 2 is 1.67 bits per heavy atom. The first-order chi connectivity index (χ1) is 15.8. The van der Waals surface area contributed by atoms with Crippen molar-refractivity contribution in [3.63, 3.8) is 0 Å². The molecule has 33 heavy (non-hydrogen) atoms. The second-order valence-electron chi connectivity index (χ2n) is 8.86. The molecule has 4 rings (SSSR count). The van der Waals surface area contributed by atoms with Crippen molar-refractivity contribution < 1.29 is 4.79 Å². The molecule has 0 aliphatic rings. The first-order valence-corrected chi connectivity index (χ1v) is 11.6. The van der Waals surface area contributed by atoms with Crippen molar-refractivity contribution in [3.8, 4) is 5.69 Å². The Morgan fingerprint density at radius 1 is 0.939 bits per heavy atom. The molecule has 0 fully saturated rings. The number of benzene rings is 2. The first kappa shape index (κ1) is 22.7. The van der Waals surface area contributed by atoms with Crippen LogP contribution < -0.4 is 5.32 Å². The predicted octanol–water partition coefficient (Wildman–Crippen LogP) is 6.10. The van der Waals surface area contributed by atoms with Crippen LogP contribution in [0.5, 0.6) is 0 Å². The lowest BCUT2D eigenvalue weighted by atomic mass is 9.99. The van der Waals surface area contributed by atoms with Crippen LogP contribution in [0.2, 0.25) is 0 Å². The minimum Gasteiger partial charge on any atom is -0.326 e. The van der Waals surface area contributed by atoms with Crippen LogP contribution in [0.1, 0.15) is 52.5 Å². The van der Waals surface area contributed by atoms with Crippen LogP contribution in [-0.2, 0) is 17.6 Å². The van der Waals surface area contributed by atoms with Gasteiger partial charge in [-0.15, -0.1) is 0 Å². The second-order valence-corrected chi connectivity index (χ2v) is 8.86. The molecule has 5 heteroatoms. The van der Waals surface area contributed by atoms with Crippen molar-refractivity contribution in [1.82, 2.24) is 14.8 Å². The van der Waals surface area contributed by atoms with Crippen LogP contribution in [0, 0.1) is 34.6 Å². The molecular weight excluding hydrogens is 408 g/mol. The van der Waals surface area contributed by atoms with Crippen LogP contribution in [0.15, 0.2) is 42.5 Å². The SMILES string of the molecule is CCc1ccc(NC(=O)CCc2c(C)nc3c(c(C)nn3-c3ccc(C)c(C)c3)c2C)cc1. The number of nitrogens with zero attached hydrogens (tertiary/aromatic N) is 3. The molecule has 0 spiro atoms. The highest BCUT2D eigenvalue weighted by Gasteiger charge is 2.18. The van der Waals surface area contributed by atoms with Gasteiger partial charge in [-0.3, -0.25) is 4.79 Å². The summed E-state index contributed by atoms with van der Waals surface area (Å²) in [5, 5.41) is 8.90. The van der Waals surface area contributed by atoms with Crippen molar-refractivity contribution in [2.45, 2.75) is 60.8 Å². The summed E-state index contributed by atoms with van der Waals surface area (Å²) in [6, 6.07) is 14.4. The molecule has 2 aromatic carbocycles. The number of pyridine rings is 1. The molecule has 5 nitrogen and oxygen atoms in total. The predicted molar refractivity (Wildman–Crippen MR) is 135 cm³/mol. The van der Waals surface area contributed by atoms with Crippen molar-refractivity contribution in [3.05, 3.63) is 81.7 Å². The summed E-state index contributed by atoms with van der Waals surface area (Å²) in [7, 11) is 0. The number of aromatic nitrogens is 3. The van der Waals surface area contributed by atoms with Crippen molar-refractivity contribution in [2.24, 2.45) is 0 Å². The highest BCUT2D eigenvalue weighted by molar-refractivity contribution is 5.91. The number of hydrogen-bond acceptors (Lipinski definition) is 3. The average Bonchev–Trinajstić information content (AvgIpc) is 3.12. The summed E-state index contributed by atoms with van der Waals surface area (Å²) in [5.74, 6) is 0.0145. The van der Waals surface area contributed by atoms with Crippen LogP contribution in [0.4, 0.5) is 5.69 Å². The average molecular weight is 441 g/mol. The minimum atomic E-state index is 0.0145. The standard InChI is InChI=1S/C28H32N4O/c1-7-22-9-11-23(12-10-22)30-26(33)15-14-25-19(4)27-21(6)31-32(28(27)29-20(25)5)24-13-8-17(2)18(3)16-24/h8-13,16H,7,14-15H2,1-6H3,(H,30,33). The molecule has 0 atom stereocenters. The number of fused-ring (bicyclic) bond motifs is 1. The third-order valence-corrected chi connectivity index (χ3v) is 6.56. The molecule has 0 unspecified atom stereocenters. The molecule has 0 aliphatic carbocycles. The van der Waals surface area contributed by atoms with E-state index in [1.165, 1.54) is 16.7 Å². The summed E-state index contributed by atoms with van der Waals surface area (Å²) in [6.45, 7) is 12.5. The van der Waals surface area contributed by atoms with E-state index in [-0.39, 0.29) is 5.91 Å². The van der Waals surface area contributed by atoms with Gasteiger partial charge in [0.1, 0.15) is 0 Å². The Kier molecular flexibility index (Phi) is 6.32. The molecule has 0 saturated heterocycles. The van der Waals surface area contributed by atoms with E-state index in [2.05, 4.69) is 63.3 Å².